The van der Waals surface area contributed by atoms with Crippen molar-refractivity contribution in [3.05, 3.63) is 70.8 Å². The van der Waals surface area contributed by atoms with Crippen LogP contribution in [0.3, 0.4) is 0 Å². The number of anilines is 1. The van der Waals surface area contributed by atoms with Crippen LogP contribution in [-0.4, -0.2) is 52.3 Å². The van der Waals surface area contributed by atoms with Crippen molar-refractivity contribution in [1.29, 1.82) is 0 Å². The van der Waals surface area contributed by atoms with Crippen LogP contribution in [0.1, 0.15) is 12.0 Å². The van der Waals surface area contributed by atoms with Gasteiger partial charge < -0.3 is 15.0 Å². The van der Waals surface area contributed by atoms with Crippen LogP contribution in [0.5, 0.6) is 0 Å². The summed E-state index contributed by atoms with van der Waals surface area (Å²) in [6, 6.07) is 13.8. The zero-order chi connectivity index (χ0) is 18.9. The largest absolute Gasteiger partial charge is 0.387 e. The van der Waals surface area contributed by atoms with Gasteiger partial charge in [0.2, 0.25) is 0 Å². The molecule has 0 amide bonds. The van der Waals surface area contributed by atoms with Gasteiger partial charge >= 0.3 is 0 Å². The average molecular weight is 364 g/mol. The molecule has 1 aliphatic heterocycles. The van der Waals surface area contributed by atoms with Crippen LogP contribution >= 0.6 is 0 Å². The molecule has 1 aromatic carbocycles. The molecule has 140 valence electrons. The Morgan fingerprint density at radius 3 is 2.93 bits per heavy atom. The number of aromatic nitrogens is 2. The molecule has 0 bridgehead atoms. The van der Waals surface area contributed by atoms with Gasteiger partial charge in [-0.3, -0.25) is 14.7 Å². The van der Waals surface area contributed by atoms with Gasteiger partial charge in [-0.25, -0.2) is 0 Å². The van der Waals surface area contributed by atoms with E-state index < -0.39 is 5.60 Å². The highest BCUT2D eigenvalue weighted by Crippen LogP contribution is 2.28. The van der Waals surface area contributed by atoms with E-state index in [0.717, 1.165) is 24.2 Å². The number of nitrogens with one attached hydrogen (secondary N) is 1. The van der Waals surface area contributed by atoms with Crippen molar-refractivity contribution in [1.82, 2.24) is 14.9 Å². The molecule has 1 unspecified atom stereocenters. The molecule has 4 rings (SSSR count). The molecule has 1 atom stereocenters. The van der Waals surface area contributed by atoms with Crippen LogP contribution in [-0.2, 0) is 6.54 Å². The zero-order valence-corrected chi connectivity index (χ0v) is 15.4. The highest BCUT2D eigenvalue weighted by Gasteiger charge is 2.37. The van der Waals surface area contributed by atoms with Crippen molar-refractivity contribution < 1.29 is 5.11 Å². The highest BCUT2D eigenvalue weighted by atomic mass is 16.3. The smallest absolute Gasteiger partial charge is 0.250 e. The van der Waals surface area contributed by atoms with E-state index in [2.05, 4.69) is 27.0 Å². The van der Waals surface area contributed by atoms with Crippen molar-refractivity contribution in [2.45, 2.75) is 18.6 Å². The van der Waals surface area contributed by atoms with E-state index in [9.17, 15) is 9.90 Å². The van der Waals surface area contributed by atoms with Crippen molar-refractivity contribution in [3.8, 4) is 0 Å². The lowest BCUT2D eigenvalue weighted by molar-refractivity contribution is 0.0563. The van der Waals surface area contributed by atoms with Gasteiger partial charge in [0.1, 0.15) is 0 Å². The Bertz CT molecular complexity index is 988. The number of H-pyrrole nitrogens is 1. The number of hydrogen-bond acceptors (Lipinski definition) is 5. The molecule has 3 aromatic rings. The third-order valence-electron chi connectivity index (χ3n) is 5.23. The van der Waals surface area contributed by atoms with E-state index in [1.165, 1.54) is 5.56 Å². The highest BCUT2D eigenvalue weighted by molar-refractivity contribution is 5.90. The molecule has 0 saturated carbocycles. The van der Waals surface area contributed by atoms with Gasteiger partial charge in [-0.05, 0) is 18.1 Å². The number of aromatic amines is 1. The first kappa shape index (κ1) is 17.7. The third-order valence-corrected chi connectivity index (χ3v) is 5.23. The number of aliphatic hydroxyl groups is 1. The van der Waals surface area contributed by atoms with Crippen LogP contribution < -0.4 is 10.5 Å². The number of likely N-dealkylation sites (tertiary alicyclic amines) is 1. The molecule has 1 fully saturated rings. The number of pyridine rings is 2. The molecule has 0 aliphatic carbocycles. The second-order valence-corrected chi connectivity index (χ2v) is 7.47. The number of hydrogen-bond donors (Lipinski definition) is 2. The summed E-state index contributed by atoms with van der Waals surface area (Å²) in [7, 11) is 1.92. The van der Waals surface area contributed by atoms with E-state index in [1.54, 1.807) is 18.5 Å². The van der Waals surface area contributed by atoms with E-state index >= 15 is 0 Å². The Balaban J connectivity index is 1.50. The molecule has 2 aromatic heterocycles. The Labute approximate surface area is 158 Å². The number of fused-ring (bicyclic) bond motifs is 1. The first-order valence-corrected chi connectivity index (χ1v) is 9.19. The predicted molar refractivity (Wildman–Crippen MR) is 107 cm³/mol. The minimum absolute atomic E-state index is 0.165. The number of benzene rings is 1. The molecule has 6 nitrogen and oxygen atoms in total. The van der Waals surface area contributed by atoms with Crippen LogP contribution in [0.2, 0.25) is 0 Å². The molecule has 3 heterocycles. The van der Waals surface area contributed by atoms with Gasteiger partial charge in [-0.2, -0.15) is 0 Å². The van der Waals surface area contributed by atoms with E-state index in [-0.39, 0.29) is 5.56 Å². The molecule has 1 saturated heterocycles. The van der Waals surface area contributed by atoms with Crippen molar-refractivity contribution in [2.75, 3.05) is 31.6 Å². The molecular weight excluding hydrogens is 340 g/mol. The SMILES string of the molecule is CN(CC1(O)CCN(Cc2ccccc2)C1)c1cc(=O)[nH]c2cnccc12. The maximum absolute atomic E-state index is 12.0. The lowest BCUT2D eigenvalue weighted by Gasteiger charge is -2.31. The fourth-order valence-corrected chi connectivity index (χ4v) is 3.98. The van der Waals surface area contributed by atoms with Crippen molar-refractivity contribution in [3.63, 3.8) is 0 Å². The van der Waals surface area contributed by atoms with Gasteiger partial charge in [-0.15, -0.1) is 0 Å². The molecule has 27 heavy (non-hydrogen) atoms. The third kappa shape index (κ3) is 3.86. The molecule has 2 N–H and O–H groups in total. The maximum Gasteiger partial charge on any atom is 0.250 e. The fraction of sp³-hybridized carbons (Fsp3) is 0.333. The van der Waals surface area contributed by atoms with E-state index in [1.807, 2.05) is 36.2 Å². The van der Waals surface area contributed by atoms with Crippen LogP contribution in [0.25, 0.3) is 10.9 Å². The fourth-order valence-electron chi connectivity index (χ4n) is 3.98. The first-order chi connectivity index (χ1) is 13.0. The van der Waals surface area contributed by atoms with Crippen molar-refractivity contribution >= 4 is 16.6 Å². The molecule has 0 radical (unpaired) electrons. The second-order valence-electron chi connectivity index (χ2n) is 7.47. The minimum atomic E-state index is -0.800. The number of rotatable bonds is 5. The zero-order valence-electron chi connectivity index (χ0n) is 15.4. The summed E-state index contributed by atoms with van der Waals surface area (Å²) in [6.07, 6.45) is 4.08. The topological polar surface area (TPSA) is 72.5 Å². The quantitative estimate of drug-likeness (QED) is 0.724. The Kier molecular flexibility index (Phi) is 4.68. The van der Waals surface area contributed by atoms with Gasteiger partial charge in [0.15, 0.2) is 0 Å². The van der Waals surface area contributed by atoms with Crippen LogP contribution in [0, 0.1) is 0 Å². The summed E-state index contributed by atoms with van der Waals surface area (Å²) in [5, 5.41) is 12.1. The van der Waals surface area contributed by atoms with E-state index in [0.29, 0.717) is 25.0 Å². The van der Waals surface area contributed by atoms with Gasteiger partial charge in [0, 0.05) is 50.9 Å². The van der Waals surface area contributed by atoms with Crippen LogP contribution in [0.15, 0.2) is 59.7 Å². The predicted octanol–water partition coefficient (Wildman–Crippen LogP) is 2.00. The lowest BCUT2D eigenvalue weighted by atomic mass is 10.0. The van der Waals surface area contributed by atoms with Gasteiger partial charge in [0.05, 0.1) is 23.0 Å². The average Bonchev–Trinajstić information content (AvgIpc) is 3.02. The molecule has 0 spiro atoms. The van der Waals surface area contributed by atoms with Gasteiger partial charge in [0.25, 0.3) is 5.56 Å². The lowest BCUT2D eigenvalue weighted by Crippen LogP contribution is -2.44. The minimum Gasteiger partial charge on any atom is -0.387 e. The second kappa shape index (κ2) is 7.13. The summed E-state index contributed by atoms with van der Waals surface area (Å²) in [6.45, 7) is 2.79. The monoisotopic (exact) mass is 364 g/mol. The standard InChI is InChI=1S/C21H24N4O2/c1-24(19-11-20(26)23-18-12-22-9-7-17(18)19)14-21(27)8-10-25(15-21)13-16-5-3-2-4-6-16/h2-7,9,11-12,27H,8,10,13-15H2,1H3,(H,23,26). The number of β-amino-alcohol motifs (C(OH)–C–C–N with tert-alkyl or cyclic N) is 1. The maximum atomic E-state index is 12.0. The summed E-state index contributed by atoms with van der Waals surface area (Å²) in [5.74, 6) is 0. The molecular formula is C21H24N4O2. The Morgan fingerprint density at radius 1 is 1.30 bits per heavy atom. The number of nitrogens with zero attached hydrogens (tertiary/aromatic N) is 3. The normalized spacial score (nSPS) is 20.2. The van der Waals surface area contributed by atoms with Crippen LogP contribution in [0.4, 0.5) is 5.69 Å². The Hall–Kier alpha value is -2.70. The first-order valence-electron chi connectivity index (χ1n) is 9.19. The summed E-state index contributed by atoms with van der Waals surface area (Å²) < 4.78 is 0. The number of likely N-dealkylation sites (N-methyl/N-ethyl adjacent to an activating group) is 1. The Morgan fingerprint density at radius 2 is 2.11 bits per heavy atom. The molecule has 1 aliphatic rings. The van der Waals surface area contributed by atoms with E-state index in [4.69, 9.17) is 0 Å². The summed E-state index contributed by atoms with van der Waals surface area (Å²) >= 11 is 0. The molecule has 6 heteroatoms. The summed E-state index contributed by atoms with van der Waals surface area (Å²) in [4.78, 5) is 23.1. The van der Waals surface area contributed by atoms with Gasteiger partial charge in [-0.1, -0.05) is 30.3 Å². The van der Waals surface area contributed by atoms with Crippen molar-refractivity contribution in [2.24, 2.45) is 0 Å². The summed E-state index contributed by atoms with van der Waals surface area (Å²) in [5.41, 5.74) is 1.80.